The van der Waals surface area contributed by atoms with Gasteiger partial charge < -0.3 is 20.3 Å². The van der Waals surface area contributed by atoms with Gasteiger partial charge in [-0.1, -0.05) is 278 Å². The molecule has 0 radical (unpaired) electrons. The Labute approximate surface area is 381 Å². The Morgan fingerprint density at radius 3 is 1.00 bits per heavy atom. The highest BCUT2D eigenvalue weighted by Crippen LogP contribution is 2.19. The second-order valence-corrected chi connectivity index (χ2v) is 19.4. The van der Waals surface area contributed by atoms with Crippen LogP contribution in [0.3, 0.4) is 0 Å². The average Bonchev–Trinajstić information content (AvgIpc) is 3.25. The molecular formula is C55H109NO5. The molecule has 0 spiro atoms. The fourth-order valence-electron chi connectivity index (χ4n) is 8.96. The number of aliphatic hydroxyl groups is 2. The lowest BCUT2D eigenvalue weighted by Gasteiger charge is -2.24. The third-order valence-corrected chi connectivity index (χ3v) is 13.2. The molecule has 3 atom stereocenters. The SMILES string of the molecule is CCCCCCCCCCCCCCCCCCC(CC(=O)NC(CO)C(O)CCCCCCCCCCCCCCC)OC(=O)CCCCCCCCCCCCCCC. The minimum atomic E-state index is -0.779. The van der Waals surface area contributed by atoms with E-state index < -0.39 is 18.2 Å². The van der Waals surface area contributed by atoms with Crippen molar-refractivity contribution in [2.75, 3.05) is 6.61 Å². The molecule has 0 saturated carbocycles. The maximum absolute atomic E-state index is 13.2. The summed E-state index contributed by atoms with van der Waals surface area (Å²) in [5, 5.41) is 23.8. The molecule has 0 aliphatic carbocycles. The van der Waals surface area contributed by atoms with Crippen LogP contribution in [0.1, 0.15) is 316 Å². The number of amides is 1. The first kappa shape index (κ1) is 59.9. The van der Waals surface area contributed by atoms with Crippen molar-refractivity contribution in [2.45, 2.75) is 334 Å². The van der Waals surface area contributed by atoms with E-state index in [2.05, 4.69) is 26.1 Å². The van der Waals surface area contributed by atoms with Crippen LogP contribution in [0.25, 0.3) is 0 Å². The monoisotopic (exact) mass is 864 g/mol. The largest absolute Gasteiger partial charge is 0.462 e. The van der Waals surface area contributed by atoms with Gasteiger partial charge >= 0.3 is 5.97 Å². The topological polar surface area (TPSA) is 95.9 Å². The van der Waals surface area contributed by atoms with E-state index in [4.69, 9.17) is 4.74 Å². The van der Waals surface area contributed by atoms with Gasteiger partial charge in [-0.3, -0.25) is 9.59 Å². The second kappa shape index (κ2) is 49.9. The van der Waals surface area contributed by atoms with Crippen molar-refractivity contribution in [2.24, 2.45) is 0 Å². The van der Waals surface area contributed by atoms with E-state index in [9.17, 15) is 19.8 Å². The van der Waals surface area contributed by atoms with Gasteiger partial charge in [0.1, 0.15) is 6.10 Å². The molecule has 1 amide bonds. The Morgan fingerprint density at radius 1 is 0.410 bits per heavy atom. The van der Waals surface area contributed by atoms with E-state index >= 15 is 0 Å². The number of ether oxygens (including phenoxy) is 1. The fourth-order valence-corrected chi connectivity index (χ4v) is 8.96. The summed E-state index contributed by atoms with van der Waals surface area (Å²) in [6.45, 7) is 6.52. The normalized spacial score (nSPS) is 13.1. The zero-order valence-electron chi connectivity index (χ0n) is 41.6. The van der Waals surface area contributed by atoms with E-state index in [0.717, 1.165) is 38.5 Å². The van der Waals surface area contributed by atoms with Gasteiger partial charge in [0.25, 0.3) is 0 Å². The fraction of sp³-hybridized carbons (Fsp3) is 0.964. The molecule has 0 aliphatic heterocycles. The number of aliphatic hydroxyl groups excluding tert-OH is 2. The van der Waals surface area contributed by atoms with Crippen LogP contribution in [0.5, 0.6) is 0 Å². The molecule has 3 unspecified atom stereocenters. The lowest BCUT2D eigenvalue weighted by molar-refractivity contribution is -0.151. The molecule has 0 saturated heterocycles. The summed E-state index contributed by atoms with van der Waals surface area (Å²) >= 11 is 0. The maximum Gasteiger partial charge on any atom is 0.306 e. The Hall–Kier alpha value is -1.14. The Morgan fingerprint density at radius 2 is 0.689 bits per heavy atom. The van der Waals surface area contributed by atoms with Crippen molar-refractivity contribution in [1.82, 2.24) is 5.32 Å². The number of carbonyl (C=O) groups excluding carboxylic acids is 2. The first-order valence-electron chi connectivity index (χ1n) is 27.8. The Kier molecular flexibility index (Phi) is 48.9. The van der Waals surface area contributed by atoms with Crippen LogP contribution >= 0.6 is 0 Å². The summed E-state index contributed by atoms with van der Waals surface area (Å²) in [7, 11) is 0. The summed E-state index contributed by atoms with van der Waals surface area (Å²) in [5.74, 6) is -0.447. The predicted octanol–water partition coefficient (Wildman–Crippen LogP) is 16.7. The molecule has 0 aliphatic rings. The lowest BCUT2D eigenvalue weighted by atomic mass is 10.0. The first-order valence-corrected chi connectivity index (χ1v) is 27.8. The highest BCUT2D eigenvalue weighted by molar-refractivity contribution is 5.77. The summed E-state index contributed by atoms with van der Waals surface area (Å²) in [6, 6.07) is -0.692. The summed E-state index contributed by atoms with van der Waals surface area (Å²) < 4.78 is 5.96. The molecule has 6 nitrogen and oxygen atoms in total. The molecule has 3 N–H and O–H groups in total. The van der Waals surface area contributed by atoms with Gasteiger partial charge in [0.15, 0.2) is 0 Å². The third-order valence-electron chi connectivity index (χ3n) is 13.2. The molecule has 0 aromatic rings. The Balaban J connectivity index is 4.50. The molecular weight excluding hydrogens is 755 g/mol. The van der Waals surface area contributed by atoms with Crippen LogP contribution in [0, 0.1) is 0 Å². The lowest BCUT2D eigenvalue weighted by Crippen LogP contribution is -2.46. The van der Waals surface area contributed by atoms with E-state index in [1.54, 1.807) is 0 Å². The van der Waals surface area contributed by atoms with Crippen LogP contribution in [-0.4, -0.2) is 46.9 Å². The molecule has 0 aromatic carbocycles. The van der Waals surface area contributed by atoms with Gasteiger partial charge in [-0.05, 0) is 25.7 Å². The van der Waals surface area contributed by atoms with Crippen LogP contribution in [-0.2, 0) is 14.3 Å². The average molecular weight is 864 g/mol. The molecule has 364 valence electrons. The zero-order chi connectivity index (χ0) is 44.5. The molecule has 0 rings (SSSR count). The van der Waals surface area contributed by atoms with Gasteiger partial charge in [-0.15, -0.1) is 0 Å². The van der Waals surface area contributed by atoms with E-state index in [0.29, 0.717) is 19.3 Å². The highest BCUT2D eigenvalue weighted by Gasteiger charge is 2.24. The molecule has 0 aromatic heterocycles. The van der Waals surface area contributed by atoms with Crippen molar-refractivity contribution < 1.29 is 24.5 Å². The first-order chi connectivity index (χ1) is 30.0. The molecule has 0 fully saturated rings. The molecule has 0 heterocycles. The van der Waals surface area contributed by atoms with Crippen LogP contribution in [0.2, 0.25) is 0 Å². The number of esters is 1. The summed E-state index contributed by atoms with van der Waals surface area (Å²) in [6.07, 6.45) is 54.5. The zero-order valence-corrected chi connectivity index (χ0v) is 41.6. The number of hydrogen-bond donors (Lipinski definition) is 3. The predicted molar refractivity (Wildman–Crippen MR) is 264 cm³/mol. The van der Waals surface area contributed by atoms with E-state index in [1.165, 1.54) is 231 Å². The van der Waals surface area contributed by atoms with Gasteiger partial charge in [0.2, 0.25) is 5.91 Å². The molecule has 61 heavy (non-hydrogen) atoms. The molecule has 0 bridgehead atoms. The van der Waals surface area contributed by atoms with Crippen LogP contribution in [0.4, 0.5) is 0 Å². The Bertz CT molecular complexity index is 882. The van der Waals surface area contributed by atoms with Crippen molar-refractivity contribution in [3.8, 4) is 0 Å². The standard InChI is InChI=1S/C55H109NO5/c1-4-7-10-13-16-19-22-25-26-27-30-31-34-37-40-43-46-51(61-55(60)48-45-42-39-36-33-29-24-21-18-15-12-9-6-3)49-54(59)56-52(50-57)53(58)47-44-41-38-35-32-28-23-20-17-14-11-8-5-2/h51-53,57-58H,4-50H2,1-3H3,(H,56,59). The van der Waals surface area contributed by atoms with Gasteiger partial charge in [0.05, 0.1) is 25.2 Å². The summed E-state index contributed by atoms with van der Waals surface area (Å²) in [5.41, 5.74) is 0. The number of unbranched alkanes of at least 4 members (excludes halogenated alkanes) is 39. The number of hydrogen-bond acceptors (Lipinski definition) is 5. The maximum atomic E-state index is 13.2. The van der Waals surface area contributed by atoms with E-state index in [1.807, 2.05) is 0 Å². The third kappa shape index (κ3) is 45.2. The smallest absolute Gasteiger partial charge is 0.306 e. The number of rotatable bonds is 51. The highest BCUT2D eigenvalue weighted by atomic mass is 16.5. The van der Waals surface area contributed by atoms with Gasteiger partial charge in [-0.25, -0.2) is 0 Å². The van der Waals surface area contributed by atoms with Crippen molar-refractivity contribution in [3.05, 3.63) is 0 Å². The number of carbonyl (C=O) groups is 2. The summed E-state index contributed by atoms with van der Waals surface area (Å²) in [4.78, 5) is 26.2. The van der Waals surface area contributed by atoms with Crippen molar-refractivity contribution in [3.63, 3.8) is 0 Å². The van der Waals surface area contributed by atoms with Gasteiger partial charge in [0, 0.05) is 6.42 Å². The quantitative estimate of drug-likeness (QED) is 0.0418. The van der Waals surface area contributed by atoms with E-state index in [-0.39, 0.29) is 24.9 Å². The van der Waals surface area contributed by atoms with Crippen LogP contribution < -0.4 is 5.32 Å². The van der Waals surface area contributed by atoms with Crippen LogP contribution in [0.15, 0.2) is 0 Å². The van der Waals surface area contributed by atoms with Gasteiger partial charge in [-0.2, -0.15) is 0 Å². The molecule has 6 heteroatoms. The number of nitrogens with one attached hydrogen (secondary N) is 1. The van der Waals surface area contributed by atoms with Crippen molar-refractivity contribution >= 4 is 11.9 Å². The second-order valence-electron chi connectivity index (χ2n) is 19.4. The minimum absolute atomic E-state index is 0.0883. The minimum Gasteiger partial charge on any atom is -0.462 e. The van der Waals surface area contributed by atoms with Crippen molar-refractivity contribution in [1.29, 1.82) is 0 Å².